The molecule has 0 N–H and O–H groups in total. The summed E-state index contributed by atoms with van der Waals surface area (Å²) in [6.07, 6.45) is 3.32. The van der Waals surface area contributed by atoms with Crippen molar-refractivity contribution in [3.8, 4) is 0 Å². The van der Waals surface area contributed by atoms with Crippen molar-refractivity contribution in [2.24, 2.45) is 0 Å². The quantitative estimate of drug-likeness (QED) is 0.486. The van der Waals surface area contributed by atoms with E-state index < -0.39 is 7.26 Å². The zero-order chi connectivity index (χ0) is 16.2. The number of nitrogens with zero attached hydrogens (tertiary/aromatic N) is 1. The topological polar surface area (TPSA) is 26.0 Å². The zero-order valence-corrected chi connectivity index (χ0v) is 15.1. The molecule has 25 heavy (non-hydrogen) atoms. The Morgan fingerprint density at radius 2 is 1.00 bits per heavy atom. The largest absolute Gasteiger partial charge is 1.00 e. The average Bonchev–Trinajstić information content (AvgIpc) is 3.20. The lowest BCUT2D eigenvalue weighted by atomic mass is 10.4. The van der Waals surface area contributed by atoms with Gasteiger partial charge in [-0.1, -0.05) is 54.6 Å². The van der Waals surface area contributed by atoms with Crippen molar-refractivity contribution < 1.29 is 16.8 Å². The first-order valence-corrected chi connectivity index (χ1v) is 9.66. The van der Waals surface area contributed by atoms with E-state index in [0.717, 1.165) is 5.44 Å². The second-order valence-corrected chi connectivity index (χ2v) is 8.87. The van der Waals surface area contributed by atoms with E-state index in [-0.39, 0.29) is 12.4 Å². The SMILES string of the molecule is [Cl-].c1ccc([P+](c2ccccc2)(c2ccccc2)c2cocn2)cc1. The van der Waals surface area contributed by atoms with Crippen LogP contribution in [-0.2, 0) is 0 Å². The molecule has 0 aliphatic heterocycles. The summed E-state index contributed by atoms with van der Waals surface area (Å²) in [7, 11) is -2.06. The van der Waals surface area contributed by atoms with Crippen LogP contribution in [-0.4, -0.2) is 4.98 Å². The molecule has 0 fully saturated rings. The molecule has 0 amide bonds. The maximum absolute atomic E-state index is 5.40. The van der Waals surface area contributed by atoms with E-state index >= 15 is 0 Å². The standard InChI is InChI=1S/C21H17NOP.ClH/c1-4-10-18(11-5-1)24(21-16-23-17-22-21,19-12-6-2-7-13-19)20-14-8-3-9-15-20;/h1-17H;1H/q+1;/p-1. The van der Waals surface area contributed by atoms with Crippen molar-refractivity contribution in [3.63, 3.8) is 0 Å². The molecule has 3 aromatic carbocycles. The van der Waals surface area contributed by atoms with Gasteiger partial charge in [-0.2, -0.15) is 4.98 Å². The van der Waals surface area contributed by atoms with Crippen LogP contribution < -0.4 is 33.8 Å². The van der Waals surface area contributed by atoms with Gasteiger partial charge in [-0.3, -0.25) is 0 Å². The molecule has 4 heteroatoms. The van der Waals surface area contributed by atoms with Crippen LogP contribution in [0, 0.1) is 0 Å². The van der Waals surface area contributed by atoms with Gasteiger partial charge in [0, 0.05) is 0 Å². The number of halogens is 1. The molecule has 0 saturated heterocycles. The van der Waals surface area contributed by atoms with Gasteiger partial charge >= 0.3 is 0 Å². The smallest absolute Gasteiger partial charge is 0.236 e. The highest BCUT2D eigenvalue weighted by Crippen LogP contribution is 2.53. The summed E-state index contributed by atoms with van der Waals surface area (Å²) in [5.41, 5.74) is 0.992. The fourth-order valence-electron chi connectivity index (χ4n) is 3.17. The Hall–Kier alpha value is -2.41. The minimum Gasteiger partial charge on any atom is -1.00 e. The number of rotatable bonds is 4. The average molecular weight is 366 g/mol. The number of oxazole rings is 1. The Labute approximate surface area is 154 Å². The summed E-state index contributed by atoms with van der Waals surface area (Å²) >= 11 is 0. The Bertz CT molecular complexity index is 800. The molecule has 0 spiro atoms. The predicted octanol–water partition coefficient (Wildman–Crippen LogP) is 0.298. The molecule has 0 unspecified atom stereocenters. The third kappa shape index (κ3) is 3.00. The highest BCUT2D eigenvalue weighted by atomic mass is 35.5. The van der Waals surface area contributed by atoms with Gasteiger partial charge in [0.25, 0.3) is 0 Å². The summed E-state index contributed by atoms with van der Waals surface area (Å²) in [6, 6.07) is 31.9. The minimum atomic E-state index is -2.06. The van der Waals surface area contributed by atoms with Crippen molar-refractivity contribution in [1.82, 2.24) is 4.98 Å². The molecule has 0 aliphatic carbocycles. The summed E-state index contributed by atoms with van der Waals surface area (Å²) in [6.45, 7) is 0. The molecule has 0 saturated carbocycles. The fraction of sp³-hybridized carbons (Fsp3) is 0. The third-order valence-corrected chi connectivity index (χ3v) is 8.32. The van der Waals surface area contributed by atoms with Gasteiger partial charge in [-0.25, -0.2) is 0 Å². The molecule has 4 rings (SSSR count). The van der Waals surface area contributed by atoms with Crippen LogP contribution in [0.25, 0.3) is 0 Å². The van der Waals surface area contributed by atoms with Crippen LogP contribution in [0.15, 0.2) is 108 Å². The maximum Gasteiger partial charge on any atom is 0.236 e. The molecule has 1 heterocycles. The lowest BCUT2D eigenvalue weighted by molar-refractivity contribution is -0.00000504. The Morgan fingerprint density at radius 3 is 1.32 bits per heavy atom. The molecule has 2 nitrogen and oxygen atoms in total. The Kier molecular flexibility index (Phi) is 5.33. The van der Waals surface area contributed by atoms with Crippen LogP contribution in [0.3, 0.4) is 0 Å². The second-order valence-electron chi connectivity index (χ2n) is 5.52. The molecule has 4 aromatic rings. The van der Waals surface area contributed by atoms with Crippen LogP contribution in [0.2, 0.25) is 0 Å². The molecule has 124 valence electrons. The highest BCUT2D eigenvalue weighted by molar-refractivity contribution is 8.01. The van der Waals surface area contributed by atoms with Crippen molar-refractivity contribution in [2.75, 3.05) is 0 Å². The third-order valence-electron chi connectivity index (χ3n) is 4.19. The minimum absolute atomic E-state index is 0. The van der Waals surface area contributed by atoms with Gasteiger partial charge < -0.3 is 16.8 Å². The van der Waals surface area contributed by atoms with Gasteiger partial charge in [0.15, 0.2) is 19.9 Å². The first kappa shape index (κ1) is 17.4. The maximum atomic E-state index is 5.40. The summed E-state index contributed by atoms with van der Waals surface area (Å²) in [5.74, 6) is 0. The molecule has 1 aromatic heterocycles. The van der Waals surface area contributed by atoms with E-state index in [2.05, 4.69) is 96.0 Å². The molecule has 0 bridgehead atoms. The first-order chi connectivity index (χ1) is 11.9. The van der Waals surface area contributed by atoms with Crippen LogP contribution in [0.1, 0.15) is 0 Å². The summed E-state index contributed by atoms with van der Waals surface area (Å²) < 4.78 is 5.40. The van der Waals surface area contributed by atoms with E-state index in [0.29, 0.717) is 0 Å². The first-order valence-electron chi connectivity index (χ1n) is 7.87. The lowest BCUT2D eigenvalue weighted by Gasteiger charge is -2.24. The van der Waals surface area contributed by atoms with E-state index in [1.54, 1.807) is 6.26 Å². The number of benzene rings is 3. The normalized spacial score (nSPS) is 10.9. The summed E-state index contributed by atoms with van der Waals surface area (Å²) in [5, 5.41) is 3.82. The fourth-order valence-corrected chi connectivity index (χ4v) is 7.16. The molecule has 0 atom stereocenters. The molecule has 0 aliphatic rings. The van der Waals surface area contributed by atoms with Gasteiger partial charge in [0.1, 0.15) is 15.9 Å². The van der Waals surface area contributed by atoms with Gasteiger partial charge in [-0.15, -0.1) is 0 Å². The highest BCUT2D eigenvalue weighted by Gasteiger charge is 2.50. The van der Waals surface area contributed by atoms with Crippen molar-refractivity contribution in [3.05, 3.63) is 104 Å². The Morgan fingerprint density at radius 1 is 0.600 bits per heavy atom. The molecular formula is C21H17ClNOP. The van der Waals surface area contributed by atoms with Crippen molar-refractivity contribution in [2.45, 2.75) is 0 Å². The van der Waals surface area contributed by atoms with Crippen LogP contribution >= 0.6 is 7.26 Å². The van der Waals surface area contributed by atoms with Crippen LogP contribution in [0.4, 0.5) is 0 Å². The Balaban J connectivity index is 0.00000182. The van der Waals surface area contributed by atoms with E-state index in [9.17, 15) is 0 Å². The van der Waals surface area contributed by atoms with E-state index in [1.165, 1.54) is 22.3 Å². The predicted molar refractivity (Wildman–Crippen MR) is 101 cm³/mol. The monoisotopic (exact) mass is 365 g/mol. The van der Waals surface area contributed by atoms with Gasteiger partial charge in [0.2, 0.25) is 5.44 Å². The van der Waals surface area contributed by atoms with Gasteiger partial charge in [-0.05, 0) is 36.4 Å². The number of hydrogen-bond acceptors (Lipinski definition) is 2. The van der Waals surface area contributed by atoms with E-state index in [1.807, 2.05) is 0 Å². The second kappa shape index (κ2) is 7.65. The number of aromatic nitrogens is 1. The van der Waals surface area contributed by atoms with Crippen molar-refractivity contribution >= 4 is 28.6 Å². The van der Waals surface area contributed by atoms with Gasteiger partial charge in [0.05, 0.1) is 0 Å². The van der Waals surface area contributed by atoms with Crippen molar-refractivity contribution in [1.29, 1.82) is 0 Å². The number of hydrogen-bond donors (Lipinski definition) is 0. The summed E-state index contributed by atoms with van der Waals surface area (Å²) in [4.78, 5) is 4.60. The van der Waals surface area contributed by atoms with Crippen LogP contribution in [0.5, 0.6) is 0 Å². The molecule has 0 radical (unpaired) electrons. The molecular weight excluding hydrogens is 349 g/mol. The van der Waals surface area contributed by atoms with E-state index in [4.69, 9.17) is 4.42 Å². The zero-order valence-electron chi connectivity index (χ0n) is 13.5. The lowest BCUT2D eigenvalue weighted by Crippen LogP contribution is -3.00.